The fourth-order valence-electron chi connectivity index (χ4n) is 2.91. The molecule has 0 aliphatic heterocycles. The molecule has 0 saturated heterocycles. The van der Waals surface area contributed by atoms with Crippen molar-refractivity contribution in [3.63, 3.8) is 0 Å². The maximum Gasteiger partial charge on any atom is 0.340 e. The number of nitrogens with one attached hydrogen (secondary N) is 1. The number of hydrogen-bond donors (Lipinski definition) is 1. The summed E-state index contributed by atoms with van der Waals surface area (Å²) in [5.41, 5.74) is 3.14. The minimum Gasteiger partial charge on any atom is -0.452 e. The molecule has 0 aliphatic rings. The van der Waals surface area contributed by atoms with Crippen molar-refractivity contribution in [3.8, 4) is 5.69 Å². The van der Waals surface area contributed by atoms with Gasteiger partial charge in [0.1, 0.15) is 5.82 Å². The second-order valence-corrected chi connectivity index (χ2v) is 7.06. The smallest absolute Gasteiger partial charge is 0.340 e. The Morgan fingerprint density at radius 1 is 1.11 bits per heavy atom. The summed E-state index contributed by atoms with van der Waals surface area (Å²) in [7, 11) is 0. The molecule has 0 saturated carbocycles. The summed E-state index contributed by atoms with van der Waals surface area (Å²) in [5, 5.41) is 2.68. The van der Waals surface area contributed by atoms with E-state index in [1.165, 1.54) is 12.1 Å². The average molecular weight is 445 g/mol. The van der Waals surface area contributed by atoms with Gasteiger partial charge in [0.15, 0.2) is 6.61 Å². The van der Waals surface area contributed by atoms with Crippen LogP contribution in [0.25, 0.3) is 5.69 Å². The summed E-state index contributed by atoms with van der Waals surface area (Å²) in [5.74, 6) is -1.36. The van der Waals surface area contributed by atoms with Crippen LogP contribution < -0.4 is 5.32 Å². The lowest BCUT2D eigenvalue weighted by molar-refractivity contribution is -0.119. The van der Waals surface area contributed by atoms with Gasteiger partial charge in [-0.25, -0.2) is 9.18 Å². The van der Waals surface area contributed by atoms with E-state index in [1.54, 1.807) is 43.3 Å². The van der Waals surface area contributed by atoms with E-state index >= 15 is 0 Å². The van der Waals surface area contributed by atoms with E-state index in [0.717, 1.165) is 15.9 Å². The highest BCUT2D eigenvalue weighted by Crippen LogP contribution is 2.23. The minimum atomic E-state index is -0.594. The van der Waals surface area contributed by atoms with E-state index < -0.39 is 18.5 Å². The van der Waals surface area contributed by atoms with Crippen LogP contribution in [0.2, 0.25) is 0 Å². The highest BCUT2D eigenvalue weighted by Gasteiger charge is 2.19. The van der Waals surface area contributed by atoms with Gasteiger partial charge in [-0.2, -0.15) is 0 Å². The Labute approximate surface area is 170 Å². The number of carbonyl (C=O) groups excluding carboxylic acids is 2. The fourth-order valence-corrected chi connectivity index (χ4v) is 3.30. The van der Waals surface area contributed by atoms with Crippen LogP contribution in [0.3, 0.4) is 0 Å². The molecule has 0 aliphatic carbocycles. The number of esters is 1. The molecule has 28 heavy (non-hydrogen) atoms. The fraction of sp³-hybridized carbons (Fsp3) is 0.143. The van der Waals surface area contributed by atoms with Crippen molar-refractivity contribution < 1.29 is 18.7 Å². The first-order valence-corrected chi connectivity index (χ1v) is 9.32. The Morgan fingerprint density at radius 2 is 1.79 bits per heavy atom. The zero-order chi connectivity index (χ0) is 20.3. The van der Waals surface area contributed by atoms with Crippen LogP contribution in [0.1, 0.15) is 21.7 Å². The first-order valence-electron chi connectivity index (χ1n) is 8.53. The van der Waals surface area contributed by atoms with Gasteiger partial charge >= 0.3 is 5.97 Å². The molecular weight excluding hydrogens is 427 g/mol. The van der Waals surface area contributed by atoms with E-state index in [9.17, 15) is 14.0 Å². The van der Waals surface area contributed by atoms with Crippen LogP contribution in [0.5, 0.6) is 0 Å². The monoisotopic (exact) mass is 444 g/mol. The van der Waals surface area contributed by atoms with Crippen LogP contribution in [-0.2, 0) is 9.53 Å². The second kappa shape index (κ2) is 8.39. The molecule has 2 aromatic carbocycles. The van der Waals surface area contributed by atoms with Gasteiger partial charge in [-0.05, 0) is 72.2 Å². The van der Waals surface area contributed by atoms with Crippen molar-refractivity contribution >= 4 is 33.5 Å². The Morgan fingerprint density at radius 3 is 2.46 bits per heavy atom. The molecule has 144 valence electrons. The van der Waals surface area contributed by atoms with E-state index in [2.05, 4.69) is 21.2 Å². The molecule has 1 heterocycles. The van der Waals surface area contributed by atoms with Gasteiger partial charge < -0.3 is 14.6 Å². The lowest BCUT2D eigenvalue weighted by Crippen LogP contribution is -2.21. The molecule has 0 radical (unpaired) electrons. The molecule has 3 aromatic rings. The molecule has 0 atom stereocenters. The number of aryl methyl sites for hydroxylation is 1. The number of rotatable bonds is 5. The second-order valence-electron chi connectivity index (χ2n) is 6.20. The molecule has 3 rings (SSSR count). The quantitative estimate of drug-likeness (QED) is 0.575. The predicted octanol–water partition coefficient (Wildman–Crippen LogP) is 4.79. The summed E-state index contributed by atoms with van der Waals surface area (Å²) in [6.45, 7) is 3.21. The van der Waals surface area contributed by atoms with Crippen LogP contribution in [0.4, 0.5) is 10.1 Å². The van der Waals surface area contributed by atoms with Gasteiger partial charge in [0.2, 0.25) is 0 Å². The maximum atomic E-state index is 13.2. The number of carbonyl (C=O) groups is 2. The highest BCUT2D eigenvalue weighted by molar-refractivity contribution is 9.10. The first-order chi connectivity index (χ1) is 13.4. The average Bonchev–Trinajstić information content (AvgIpc) is 2.97. The van der Waals surface area contributed by atoms with Gasteiger partial charge in [0, 0.05) is 21.5 Å². The SMILES string of the molecule is Cc1cc(C(=O)OCC(=O)Nc2ccccc2Br)c(C)n1-c1ccc(F)cc1. The van der Waals surface area contributed by atoms with Crippen molar-refractivity contribution in [2.75, 3.05) is 11.9 Å². The third kappa shape index (κ3) is 4.31. The lowest BCUT2D eigenvalue weighted by Gasteiger charge is -2.10. The summed E-state index contributed by atoms with van der Waals surface area (Å²) < 4.78 is 20.9. The normalized spacial score (nSPS) is 10.6. The molecule has 1 amide bonds. The molecule has 0 spiro atoms. The van der Waals surface area contributed by atoms with Gasteiger partial charge in [0.25, 0.3) is 5.91 Å². The van der Waals surface area contributed by atoms with Crippen LogP contribution in [0, 0.1) is 19.7 Å². The molecule has 0 bridgehead atoms. The molecule has 0 unspecified atom stereocenters. The minimum absolute atomic E-state index is 0.332. The van der Waals surface area contributed by atoms with E-state index in [4.69, 9.17) is 4.74 Å². The Balaban J connectivity index is 1.69. The van der Waals surface area contributed by atoms with Crippen molar-refractivity contribution in [1.29, 1.82) is 0 Å². The van der Waals surface area contributed by atoms with Crippen molar-refractivity contribution in [3.05, 3.63) is 81.8 Å². The Hall–Kier alpha value is -2.93. The molecule has 7 heteroatoms. The summed E-state index contributed by atoms with van der Waals surface area (Å²) in [6.07, 6.45) is 0. The van der Waals surface area contributed by atoms with Gasteiger partial charge in [-0.15, -0.1) is 0 Å². The number of nitrogens with zero attached hydrogens (tertiary/aromatic N) is 1. The van der Waals surface area contributed by atoms with E-state index in [1.807, 2.05) is 17.6 Å². The van der Waals surface area contributed by atoms with Crippen molar-refractivity contribution in [1.82, 2.24) is 4.57 Å². The standard InChI is InChI=1S/C21H18BrFN2O3/c1-13-11-17(14(2)25(13)16-9-7-15(23)8-10-16)21(27)28-12-20(26)24-19-6-4-3-5-18(19)22/h3-11H,12H2,1-2H3,(H,24,26). The van der Waals surface area contributed by atoms with Gasteiger partial charge in [-0.1, -0.05) is 12.1 Å². The topological polar surface area (TPSA) is 60.3 Å². The Kier molecular flexibility index (Phi) is 5.94. The molecular formula is C21H18BrFN2O3. The number of halogens is 2. The molecule has 1 N–H and O–H groups in total. The lowest BCUT2D eigenvalue weighted by atomic mass is 10.2. The summed E-state index contributed by atoms with van der Waals surface area (Å²) in [6, 6.07) is 14.8. The van der Waals surface area contributed by atoms with Crippen LogP contribution >= 0.6 is 15.9 Å². The number of para-hydroxylation sites is 1. The largest absolute Gasteiger partial charge is 0.452 e. The Bertz CT molecular complexity index is 1030. The first kappa shape index (κ1) is 19.8. The number of aromatic nitrogens is 1. The van der Waals surface area contributed by atoms with Crippen LogP contribution in [-0.4, -0.2) is 23.1 Å². The maximum absolute atomic E-state index is 13.2. The number of anilines is 1. The van der Waals surface area contributed by atoms with Crippen molar-refractivity contribution in [2.45, 2.75) is 13.8 Å². The summed E-state index contributed by atoms with van der Waals surface area (Å²) in [4.78, 5) is 24.5. The molecule has 0 fully saturated rings. The molecule has 1 aromatic heterocycles. The number of benzene rings is 2. The zero-order valence-electron chi connectivity index (χ0n) is 15.3. The number of ether oxygens (including phenoxy) is 1. The van der Waals surface area contributed by atoms with Gasteiger partial charge in [-0.3, -0.25) is 4.79 Å². The number of amides is 1. The number of hydrogen-bond acceptors (Lipinski definition) is 3. The van der Waals surface area contributed by atoms with E-state index in [0.29, 0.717) is 16.9 Å². The summed E-state index contributed by atoms with van der Waals surface area (Å²) >= 11 is 3.34. The van der Waals surface area contributed by atoms with E-state index in [-0.39, 0.29) is 5.82 Å². The molecule has 5 nitrogen and oxygen atoms in total. The zero-order valence-corrected chi connectivity index (χ0v) is 16.9. The van der Waals surface area contributed by atoms with Crippen molar-refractivity contribution in [2.24, 2.45) is 0 Å². The third-order valence-electron chi connectivity index (χ3n) is 4.22. The van der Waals surface area contributed by atoms with Gasteiger partial charge in [0.05, 0.1) is 11.3 Å². The predicted molar refractivity (Wildman–Crippen MR) is 108 cm³/mol. The van der Waals surface area contributed by atoms with Crippen LogP contribution in [0.15, 0.2) is 59.1 Å². The third-order valence-corrected chi connectivity index (χ3v) is 4.91. The highest BCUT2D eigenvalue weighted by atomic mass is 79.9.